The Labute approximate surface area is 206 Å². The van der Waals surface area contributed by atoms with Gasteiger partial charge in [-0.3, -0.25) is 19.3 Å². The number of fused-ring (bicyclic) bond motifs is 1. The number of rotatable bonds is 9. The molecular formula is C24H26N2O7S. The molecule has 1 aliphatic carbocycles. The van der Waals surface area contributed by atoms with Gasteiger partial charge < -0.3 is 14.8 Å². The molecule has 1 heterocycles. The lowest BCUT2D eigenvalue weighted by molar-refractivity contribution is -0.117. The van der Waals surface area contributed by atoms with E-state index in [0.717, 1.165) is 12.1 Å². The first kappa shape index (κ1) is 17.1. The third-order valence-corrected chi connectivity index (χ3v) is 5.77. The Kier molecular flexibility index (Phi) is 4.57. The van der Waals surface area contributed by atoms with Crippen LogP contribution in [-0.4, -0.2) is 56.6 Å². The summed E-state index contributed by atoms with van der Waals surface area (Å²) in [7, 11) is -4.57. The van der Waals surface area contributed by atoms with Crippen LogP contribution in [0.5, 0.6) is 11.5 Å². The van der Waals surface area contributed by atoms with Crippen molar-refractivity contribution in [2.24, 2.45) is 5.92 Å². The zero-order valence-electron chi connectivity index (χ0n) is 24.4. The van der Waals surface area contributed by atoms with Crippen molar-refractivity contribution >= 4 is 33.2 Å². The van der Waals surface area contributed by atoms with Gasteiger partial charge in [0.25, 0.3) is 11.8 Å². The number of anilines is 1. The summed E-state index contributed by atoms with van der Waals surface area (Å²) >= 11 is 0. The number of ether oxygens (including phenoxy) is 2. The normalized spacial score (nSPS) is 20.6. The van der Waals surface area contributed by atoms with Crippen LogP contribution < -0.4 is 14.8 Å². The second-order valence-electron chi connectivity index (χ2n) is 7.69. The second-order valence-corrected chi connectivity index (χ2v) is 8.90. The highest BCUT2D eigenvalue weighted by Crippen LogP contribution is 2.39. The molecule has 4 rings (SSSR count). The Balaban J connectivity index is 1.97. The van der Waals surface area contributed by atoms with E-state index in [1.165, 1.54) is 31.4 Å². The van der Waals surface area contributed by atoms with Crippen molar-refractivity contribution in [1.82, 2.24) is 4.90 Å². The molecule has 0 radical (unpaired) electrons. The lowest BCUT2D eigenvalue weighted by Gasteiger charge is -2.27. The average Bonchev–Trinajstić information content (AvgIpc) is 3.70. The number of hydrogen-bond acceptors (Lipinski definition) is 7. The van der Waals surface area contributed by atoms with Gasteiger partial charge in [-0.15, -0.1) is 0 Å². The number of carbonyl (C=O) groups is 3. The largest absolute Gasteiger partial charge is 0.493 e. The molecule has 0 unspecified atom stereocenters. The van der Waals surface area contributed by atoms with Crippen LogP contribution in [0.3, 0.4) is 0 Å². The van der Waals surface area contributed by atoms with Gasteiger partial charge in [0, 0.05) is 19.0 Å². The molecule has 1 saturated carbocycles. The van der Waals surface area contributed by atoms with Crippen molar-refractivity contribution in [1.29, 1.82) is 0 Å². The molecule has 1 atom stereocenters. The molecule has 2 aromatic rings. The minimum absolute atomic E-state index is 0.0718. The highest BCUT2D eigenvalue weighted by molar-refractivity contribution is 7.90. The SMILES string of the molecule is [2H]C([2H])([2H])S(=O)(=O)C([2H])([2H])[C@@]([2H])(c1ccc(OC)c(OCC)c1)N1C(=O)c2cccc(NC(=O)C3CC3)c2C1=O. The number of sulfone groups is 1. The molecule has 0 saturated heterocycles. The van der Waals surface area contributed by atoms with Gasteiger partial charge >= 0.3 is 0 Å². The van der Waals surface area contributed by atoms with E-state index in [1.54, 1.807) is 6.92 Å². The third kappa shape index (κ3) is 4.63. The van der Waals surface area contributed by atoms with Gasteiger partial charge in [0.05, 0.1) is 43.6 Å². The average molecular weight is 493 g/mol. The topological polar surface area (TPSA) is 119 Å². The number of amides is 3. The molecule has 1 aliphatic heterocycles. The van der Waals surface area contributed by atoms with E-state index >= 15 is 0 Å². The van der Waals surface area contributed by atoms with Gasteiger partial charge in [0.1, 0.15) is 9.84 Å². The van der Waals surface area contributed by atoms with E-state index in [2.05, 4.69) is 5.32 Å². The summed E-state index contributed by atoms with van der Waals surface area (Å²) in [5, 5.41) is 2.56. The van der Waals surface area contributed by atoms with Gasteiger partial charge in [-0.1, -0.05) is 12.1 Å². The first-order chi connectivity index (χ1) is 18.5. The van der Waals surface area contributed by atoms with E-state index in [4.69, 9.17) is 16.3 Å². The first-order valence-corrected chi connectivity index (χ1v) is 11.9. The van der Waals surface area contributed by atoms with Crippen LogP contribution >= 0.6 is 0 Å². The number of methoxy groups -OCH3 is 1. The van der Waals surface area contributed by atoms with Crippen LogP contribution in [0.1, 0.15) is 60.3 Å². The quantitative estimate of drug-likeness (QED) is 0.535. The van der Waals surface area contributed by atoms with Crippen molar-refractivity contribution < 1.29 is 40.5 Å². The van der Waals surface area contributed by atoms with E-state index in [-0.39, 0.29) is 45.7 Å². The van der Waals surface area contributed by atoms with Gasteiger partial charge in [0.15, 0.2) is 11.5 Å². The lowest BCUT2D eigenvalue weighted by atomic mass is 10.1. The van der Waals surface area contributed by atoms with Gasteiger partial charge in [-0.25, -0.2) is 8.42 Å². The Hall–Kier alpha value is -3.40. The third-order valence-electron chi connectivity index (χ3n) is 5.31. The summed E-state index contributed by atoms with van der Waals surface area (Å²) in [4.78, 5) is 40.0. The zero-order chi connectivity index (χ0) is 29.8. The summed E-state index contributed by atoms with van der Waals surface area (Å²) < 4.78 is 85.9. The van der Waals surface area contributed by atoms with Crippen LogP contribution in [0.4, 0.5) is 5.69 Å². The number of nitrogens with one attached hydrogen (secondary N) is 1. The van der Waals surface area contributed by atoms with Crippen LogP contribution in [0.25, 0.3) is 0 Å². The molecule has 0 aromatic heterocycles. The molecule has 1 fully saturated rings. The molecule has 0 bridgehead atoms. The van der Waals surface area contributed by atoms with E-state index in [1.807, 2.05) is 0 Å². The Morgan fingerprint density at radius 1 is 1.26 bits per heavy atom. The van der Waals surface area contributed by atoms with Gasteiger partial charge in [-0.2, -0.15) is 0 Å². The lowest BCUT2D eigenvalue weighted by Crippen LogP contribution is -2.37. The Morgan fingerprint density at radius 2 is 2.03 bits per heavy atom. The minimum atomic E-state index is -5.87. The van der Waals surface area contributed by atoms with Gasteiger partial charge in [0.2, 0.25) is 5.91 Å². The van der Waals surface area contributed by atoms with Crippen molar-refractivity contribution in [3.05, 3.63) is 53.1 Å². The van der Waals surface area contributed by atoms with Crippen molar-refractivity contribution in [2.45, 2.75) is 25.8 Å². The maximum absolute atomic E-state index is 13.8. The Morgan fingerprint density at radius 3 is 2.68 bits per heavy atom. The van der Waals surface area contributed by atoms with E-state index < -0.39 is 51.0 Å². The molecule has 3 amide bonds. The maximum Gasteiger partial charge on any atom is 0.264 e. The second kappa shape index (κ2) is 9.09. The molecule has 2 aliphatic rings. The van der Waals surface area contributed by atoms with Crippen molar-refractivity contribution in [3.63, 3.8) is 0 Å². The monoisotopic (exact) mass is 492 g/mol. The standard InChI is InChI=1S/C24H26N2O7S/c1-4-33-20-12-15(10-11-19(20)32-2)18(13-34(3,30)31)26-23(28)16-6-5-7-17(21(16)24(26)29)25-22(27)14-8-9-14/h5-7,10-12,14,18H,4,8-9,13H2,1-3H3,(H,25,27)/t18-/m0/s1/i3D3,13D2,18D. The van der Waals surface area contributed by atoms with Crippen LogP contribution in [0.15, 0.2) is 36.4 Å². The fraction of sp³-hybridized carbons (Fsp3) is 0.375. The fourth-order valence-corrected chi connectivity index (χ4v) is 4.09. The van der Waals surface area contributed by atoms with Crippen LogP contribution in [0.2, 0.25) is 0 Å². The zero-order valence-corrected chi connectivity index (χ0v) is 19.2. The first-order valence-electron chi connectivity index (χ1n) is 13.4. The Bertz CT molecular complexity index is 1510. The number of benzene rings is 2. The molecule has 34 heavy (non-hydrogen) atoms. The molecule has 9 nitrogen and oxygen atoms in total. The molecule has 1 N–H and O–H groups in total. The predicted octanol–water partition coefficient (Wildman–Crippen LogP) is 2.82. The molecule has 2 aromatic carbocycles. The minimum Gasteiger partial charge on any atom is -0.493 e. The molecule has 180 valence electrons. The molecule has 10 heteroatoms. The summed E-state index contributed by atoms with van der Waals surface area (Å²) in [5.41, 5.74) is -5.43. The van der Waals surface area contributed by atoms with Crippen molar-refractivity contribution in [3.8, 4) is 11.5 Å². The molecule has 0 spiro atoms. The smallest absolute Gasteiger partial charge is 0.264 e. The number of carbonyl (C=O) groups excluding carboxylic acids is 3. The predicted molar refractivity (Wildman–Crippen MR) is 125 cm³/mol. The van der Waals surface area contributed by atoms with Crippen molar-refractivity contribution in [2.75, 3.05) is 30.9 Å². The highest BCUT2D eigenvalue weighted by atomic mass is 32.2. The summed E-state index contributed by atoms with van der Waals surface area (Å²) in [5.74, 6) is -3.18. The van der Waals surface area contributed by atoms with Crippen LogP contribution in [0, 0.1) is 5.92 Å². The summed E-state index contributed by atoms with van der Waals surface area (Å²) in [6.07, 6.45) is -2.68. The highest BCUT2D eigenvalue weighted by Gasteiger charge is 2.44. The fourth-order valence-electron chi connectivity index (χ4n) is 3.63. The number of imide groups is 1. The van der Waals surface area contributed by atoms with E-state index in [9.17, 15) is 24.2 Å². The van der Waals surface area contributed by atoms with Crippen LogP contribution in [-0.2, 0) is 14.6 Å². The number of hydrogen-bond donors (Lipinski definition) is 1. The van der Waals surface area contributed by atoms with E-state index in [0.29, 0.717) is 12.8 Å². The number of nitrogens with zero attached hydrogens (tertiary/aromatic N) is 1. The summed E-state index contributed by atoms with van der Waals surface area (Å²) in [6, 6.07) is 3.69. The molecular weight excluding hydrogens is 460 g/mol. The van der Waals surface area contributed by atoms with Gasteiger partial charge in [-0.05, 0) is 49.6 Å². The maximum atomic E-state index is 13.8. The summed E-state index contributed by atoms with van der Waals surface area (Å²) in [6.45, 7) is 1.68.